The van der Waals surface area contributed by atoms with E-state index in [4.69, 9.17) is 0 Å². The normalized spacial score (nSPS) is 12.3. The summed E-state index contributed by atoms with van der Waals surface area (Å²) in [7, 11) is 0. The van der Waals surface area contributed by atoms with Gasteiger partial charge in [-0.05, 0) is 61.6 Å². The fraction of sp³-hybridized carbons (Fsp3) is 0.286. The molecule has 1 N–H and O–H groups in total. The van der Waals surface area contributed by atoms with Gasteiger partial charge in [-0.1, -0.05) is 23.5 Å². The fourth-order valence-electron chi connectivity index (χ4n) is 2.85. The minimum Gasteiger partial charge on any atom is -0.349 e. The molecule has 0 unspecified atom stereocenters. The molecule has 0 aliphatic rings. The Balaban J connectivity index is 2.17. The standard InChI is InChI=1S/C21H22FN5O2S/c1-4-21(2,3)24-19(28)18(14-9-11-23-12-10-14)27(17-8-6-5-7-15(17)22)20(29)16-13-30-26-25-16/h5-13,18H,4H2,1-3H3,(H,24,28)/t18-/m0/s1. The molecule has 9 heteroatoms. The average molecular weight is 428 g/mol. The number of amides is 2. The van der Waals surface area contributed by atoms with Gasteiger partial charge in [0, 0.05) is 23.3 Å². The number of anilines is 1. The summed E-state index contributed by atoms with van der Waals surface area (Å²) in [4.78, 5) is 31.9. The predicted octanol–water partition coefficient (Wildman–Crippen LogP) is 3.77. The van der Waals surface area contributed by atoms with Crippen molar-refractivity contribution < 1.29 is 14.0 Å². The zero-order valence-electron chi connectivity index (χ0n) is 16.9. The molecular weight excluding hydrogens is 405 g/mol. The van der Waals surface area contributed by atoms with E-state index in [-0.39, 0.29) is 11.4 Å². The molecule has 0 aliphatic carbocycles. The third-order valence-corrected chi connectivity index (χ3v) is 5.29. The molecule has 0 bridgehead atoms. The first kappa shape index (κ1) is 21.5. The quantitative estimate of drug-likeness (QED) is 0.620. The first-order valence-corrected chi connectivity index (χ1v) is 10.2. The van der Waals surface area contributed by atoms with Gasteiger partial charge in [-0.25, -0.2) is 4.39 Å². The van der Waals surface area contributed by atoms with Crippen LogP contribution >= 0.6 is 11.5 Å². The lowest BCUT2D eigenvalue weighted by atomic mass is 9.98. The van der Waals surface area contributed by atoms with Gasteiger partial charge in [0.15, 0.2) is 5.69 Å². The molecule has 2 aromatic heterocycles. The lowest BCUT2D eigenvalue weighted by Crippen LogP contribution is -2.50. The van der Waals surface area contributed by atoms with E-state index < -0.39 is 29.2 Å². The van der Waals surface area contributed by atoms with Crippen LogP contribution in [0.2, 0.25) is 0 Å². The number of para-hydroxylation sites is 1. The third-order valence-electron chi connectivity index (χ3n) is 4.78. The largest absolute Gasteiger partial charge is 0.349 e. The summed E-state index contributed by atoms with van der Waals surface area (Å²) in [6.45, 7) is 5.71. The Bertz CT molecular complexity index is 1010. The fourth-order valence-corrected chi connectivity index (χ4v) is 3.28. The van der Waals surface area contributed by atoms with E-state index in [0.717, 1.165) is 16.4 Å². The number of carbonyl (C=O) groups is 2. The van der Waals surface area contributed by atoms with E-state index in [1.165, 1.54) is 36.0 Å². The molecule has 7 nitrogen and oxygen atoms in total. The minimum absolute atomic E-state index is 0.0261. The highest BCUT2D eigenvalue weighted by Gasteiger charge is 2.37. The topological polar surface area (TPSA) is 88.1 Å². The summed E-state index contributed by atoms with van der Waals surface area (Å²) >= 11 is 1.00. The van der Waals surface area contributed by atoms with Crippen molar-refractivity contribution in [3.63, 3.8) is 0 Å². The Hall–Kier alpha value is -3.20. The second-order valence-corrected chi connectivity index (χ2v) is 7.94. The van der Waals surface area contributed by atoms with Gasteiger partial charge in [-0.15, -0.1) is 5.10 Å². The van der Waals surface area contributed by atoms with Gasteiger partial charge in [0.1, 0.15) is 11.9 Å². The monoisotopic (exact) mass is 427 g/mol. The Morgan fingerprint density at radius 3 is 2.50 bits per heavy atom. The van der Waals surface area contributed by atoms with Crippen molar-refractivity contribution in [1.29, 1.82) is 0 Å². The molecular formula is C21H22FN5O2S. The van der Waals surface area contributed by atoms with Gasteiger partial charge in [0.2, 0.25) is 5.91 Å². The van der Waals surface area contributed by atoms with Gasteiger partial charge in [-0.2, -0.15) is 0 Å². The van der Waals surface area contributed by atoms with Crippen LogP contribution in [0.15, 0.2) is 54.2 Å². The maximum absolute atomic E-state index is 14.8. The molecule has 2 amide bonds. The highest BCUT2D eigenvalue weighted by molar-refractivity contribution is 7.03. The van der Waals surface area contributed by atoms with Crippen LogP contribution in [0.4, 0.5) is 10.1 Å². The number of benzene rings is 1. The van der Waals surface area contributed by atoms with Crippen LogP contribution in [0, 0.1) is 5.82 Å². The molecule has 30 heavy (non-hydrogen) atoms. The van der Waals surface area contributed by atoms with Gasteiger partial charge in [0.05, 0.1) is 5.69 Å². The molecule has 1 aromatic carbocycles. The van der Waals surface area contributed by atoms with Crippen LogP contribution in [-0.2, 0) is 4.79 Å². The molecule has 3 aromatic rings. The number of aromatic nitrogens is 3. The number of hydrogen-bond donors (Lipinski definition) is 1. The molecule has 0 saturated carbocycles. The number of pyridine rings is 1. The summed E-state index contributed by atoms with van der Waals surface area (Å²) in [5, 5.41) is 8.26. The van der Waals surface area contributed by atoms with Crippen LogP contribution in [0.1, 0.15) is 49.3 Å². The van der Waals surface area contributed by atoms with Crippen LogP contribution in [0.3, 0.4) is 0 Å². The second-order valence-electron chi connectivity index (χ2n) is 7.33. The first-order chi connectivity index (χ1) is 14.3. The summed E-state index contributed by atoms with van der Waals surface area (Å²) in [6, 6.07) is 7.95. The van der Waals surface area contributed by atoms with Gasteiger partial charge in [0.25, 0.3) is 5.91 Å². The molecule has 0 aliphatic heterocycles. The van der Waals surface area contributed by atoms with Crippen LogP contribution in [0.5, 0.6) is 0 Å². The number of halogens is 1. The molecule has 2 heterocycles. The van der Waals surface area contributed by atoms with E-state index in [2.05, 4.69) is 19.9 Å². The van der Waals surface area contributed by atoms with Crippen LogP contribution in [0.25, 0.3) is 0 Å². The highest BCUT2D eigenvalue weighted by atomic mass is 32.1. The molecule has 0 fully saturated rings. The summed E-state index contributed by atoms with van der Waals surface area (Å²) in [5.74, 6) is -1.69. The lowest BCUT2D eigenvalue weighted by Gasteiger charge is -2.34. The molecule has 0 radical (unpaired) electrons. The third kappa shape index (κ3) is 4.68. The van der Waals surface area contributed by atoms with Crippen molar-refractivity contribution in [3.05, 3.63) is 71.2 Å². The number of rotatable bonds is 7. The van der Waals surface area contributed by atoms with E-state index >= 15 is 0 Å². The lowest BCUT2D eigenvalue weighted by molar-refractivity contribution is -0.124. The van der Waals surface area contributed by atoms with E-state index in [9.17, 15) is 14.0 Å². The van der Waals surface area contributed by atoms with E-state index in [0.29, 0.717) is 12.0 Å². The maximum atomic E-state index is 14.8. The zero-order chi connectivity index (χ0) is 21.7. The van der Waals surface area contributed by atoms with Crippen molar-refractivity contribution in [2.75, 3.05) is 4.90 Å². The number of nitrogens with one attached hydrogen (secondary N) is 1. The van der Waals surface area contributed by atoms with E-state index in [1.807, 2.05) is 20.8 Å². The second kappa shape index (κ2) is 9.08. The van der Waals surface area contributed by atoms with Gasteiger partial charge < -0.3 is 5.32 Å². The number of carbonyl (C=O) groups excluding carboxylic acids is 2. The summed E-state index contributed by atoms with van der Waals surface area (Å²) in [6.07, 6.45) is 3.72. The van der Waals surface area contributed by atoms with Crippen molar-refractivity contribution >= 4 is 29.0 Å². The van der Waals surface area contributed by atoms with Crippen molar-refractivity contribution in [3.8, 4) is 0 Å². The molecule has 1 atom stereocenters. The Kier molecular flexibility index (Phi) is 6.51. The predicted molar refractivity (Wildman–Crippen MR) is 113 cm³/mol. The number of nitrogens with zero attached hydrogens (tertiary/aromatic N) is 4. The summed E-state index contributed by atoms with van der Waals surface area (Å²) in [5.41, 5.74) is -0.0186. The van der Waals surface area contributed by atoms with Crippen molar-refractivity contribution in [1.82, 2.24) is 19.9 Å². The maximum Gasteiger partial charge on any atom is 0.280 e. The smallest absolute Gasteiger partial charge is 0.280 e. The Morgan fingerprint density at radius 1 is 1.20 bits per heavy atom. The van der Waals surface area contributed by atoms with Gasteiger partial charge >= 0.3 is 0 Å². The average Bonchev–Trinajstić information content (AvgIpc) is 3.27. The minimum atomic E-state index is -1.13. The van der Waals surface area contributed by atoms with Crippen LogP contribution < -0.4 is 10.2 Å². The summed E-state index contributed by atoms with van der Waals surface area (Å²) < 4.78 is 18.5. The molecule has 156 valence electrons. The highest BCUT2D eigenvalue weighted by Crippen LogP contribution is 2.31. The van der Waals surface area contributed by atoms with Gasteiger partial charge in [-0.3, -0.25) is 19.5 Å². The first-order valence-electron chi connectivity index (χ1n) is 9.41. The van der Waals surface area contributed by atoms with E-state index in [1.54, 1.807) is 18.2 Å². The Morgan fingerprint density at radius 2 is 1.90 bits per heavy atom. The number of hydrogen-bond acceptors (Lipinski definition) is 6. The molecule has 0 spiro atoms. The SMILES string of the molecule is CCC(C)(C)NC(=O)[C@H](c1ccncc1)N(C(=O)c1csnn1)c1ccccc1F. The van der Waals surface area contributed by atoms with Crippen molar-refractivity contribution in [2.45, 2.75) is 38.8 Å². The zero-order valence-corrected chi connectivity index (χ0v) is 17.7. The molecule has 0 saturated heterocycles. The van der Waals surface area contributed by atoms with Crippen molar-refractivity contribution in [2.24, 2.45) is 0 Å². The van der Waals surface area contributed by atoms with Crippen LogP contribution in [-0.4, -0.2) is 31.9 Å². The molecule has 3 rings (SSSR count). The Labute approximate surface area is 178 Å².